The lowest BCUT2D eigenvalue weighted by molar-refractivity contribution is -0.110. The van der Waals surface area contributed by atoms with Crippen LogP contribution in [0, 0.1) is 18.6 Å². The molecule has 11 heteroatoms. The van der Waals surface area contributed by atoms with Crippen LogP contribution >= 0.6 is 0 Å². The third kappa shape index (κ3) is 5.57. The van der Waals surface area contributed by atoms with Crippen molar-refractivity contribution in [2.24, 2.45) is 0 Å². The van der Waals surface area contributed by atoms with Crippen LogP contribution < -0.4 is 16.2 Å². The number of anilines is 1. The van der Waals surface area contributed by atoms with E-state index in [0.29, 0.717) is 16.8 Å². The van der Waals surface area contributed by atoms with Crippen LogP contribution in [0.25, 0.3) is 17.7 Å². The van der Waals surface area contributed by atoms with Crippen LogP contribution in [0.15, 0.2) is 66.0 Å². The average molecular weight is 529 g/mol. The summed E-state index contributed by atoms with van der Waals surface area (Å²) in [5.41, 5.74) is 3.07. The molecule has 0 fully saturated rings. The van der Waals surface area contributed by atoms with Crippen molar-refractivity contribution < 1.29 is 18.4 Å². The first kappa shape index (κ1) is 25.5. The molecule has 9 nitrogen and oxygen atoms in total. The van der Waals surface area contributed by atoms with Crippen LogP contribution in [0.5, 0.6) is 0 Å². The highest BCUT2D eigenvalue weighted by Gasteiger charge is 2.24. The smallest absolute Gasteiger partial charge is 0.266 e. The highest BCUT2D eigenvalue weighted by Crippen LogP contribution is 2.33. The van der Waals surface area contributed by atoms with Crippen LogP contribution in [0.2, 0.25) is 0 Å². The van der Waals surface area contributed by atoms with Crippen molar-refractivity contribution in [3.8, 4) is 0 Å². The number of carbonyl (C=O) groups excluding carboxylic acids is 2. The first-order chi connectivity index (χ1) is 18.8. The lowest BCUT2D eigenvalue weighted by Crippen LogP contribution is -2.33. The second-order valence-corrected chi connectivity index (χ2v) is 8.84. The van der Waals surface area contributed by atoms with E-state index in [1.807, 2.05) is 25.1 Å². The summed E-state index contributed by atoms with van der Waals surface area (Å²) >= 11 is 0. The van der Waals surface area contributed by atoms with Crippen molar-refractivity contribution in [1.82, 2.24) is 24.8 Å². The maximum atomic E-state index is 13.5. The lowest BCUT2D eigenvalue weighted by Gasteiger charge is -2.08. The summed E-state index contributed by atoms with van der Waals surface area (Å²) in [5.74, 6) is -2.10. The average Bonchev–Trinajstić information content (AvgIpc) is 3.46. The summed E-state index contributed by atoms with van der Waals surface area (Å²) in [6, 6.07) is 8.82. The van der Waals surface area contributed by atoms with Gasteiger partial charge >= 0.3 is 0 Å². The van der Waals surface area contributed by atoms with E-state index in [9.17, 15) is 23.2 Å². The van der Waals surface area contributed by atoms with Crippen molar-refractivity contribution in [2.45, 2.75) is 13.5 Å². The molecule has 2 aromatic heterocycles. The van der Waals surface area contributed by atoms with Crippen LogP contribution in [0.3, 0.4) is 0 Å². The monoisotopic (exact) mass is 528 g/mol. The number of amides is 2. The van der Waals surface area contributed by atoms with Gasteiger partial charge in [-0.2, -0.15) is 0 Å². The molecule has 1 aliphatic rings. The Labute approximate surface area is 220 Å². The van der Waals surface area contributed by atoms with Gasteiger partial charge in [0.25, 0.3) is 17.4 Å². The Bertz CT molecular complexity index is 1720. The first-order valence-electron chi connectivity index (χ1n) is 11.9. The normalized spacial score (nSPS) is 13.6. The van der Waals surface area contributed by atoms with E-state index in [1.165, 1.54) is 12.4 Å². The number of hydrogen-bond donors (Lipinski definition) is 3. The van der Waals surface area contributed by atoms with Crippen molar-refractivity contribution in [1.29, 1.82) is 0 Å². The van der Waals surface area contributed by atoms with Gasteiger partial charge in [0.2, 0.25) is 0 Å². The summed E-state index contributed by atoms with van der Waals surface area (Å²) < 4.78 is 27.8. The Kier molecular flexibility index (Phi) is 6.96. The summed E-state index contributed by atoms with van der Waals surface area (Å²) in [5, 5.41) is 5.49. The number of halogens is 2. The summed E-state index contributed by atoms with van der Waals surface area (Å²) in [7, 11) is 0. The van der Waals surface area contributed by atoms with Gasteiger partial charge in [0.15, 0.2) is 11.6 Å². The lowest BCUT2D eigenvalue weighted by atomic mass is 10.0. The van der Waals surface area contributed by atoms with Gasteiger partial charge < -0.3 is 15.6 Å². The molecule has 0 unspecified atom stereocenters. The second-order valence-electron chi connectivity index (χ2n) is 8.84. The van der Waals surface area contributed by atoms with E-state index in [4.69, 9.17) is 0 Å². The Morgan fingerprint density at radius 2 is 1.95 bits per heavy atom. The van der Waals surface area contributed by atoms with Crippen LogP contribution in [-0.4, -0.2) is 37.9 Å². The number of rotatable bonds is 7. The minimum atomic E-state index is -1.03. The number of aromatic amines is 1. The van der Waals surface area contributed by atoms with Gasteiger partial charge in [-0.1, -0.05) is 30.4 Å². The summed E-state index contributed by atoms with van der Waals surface area (Å²) in [6.07, 6.45) is 9.27. The minimum absolute atomic E-state index is 0.0721. The van der Waals surface area contributed by atoms with Gasteiger partial charge in [-0.15, -0.1) is 0 Å². The molecular formula is C28H22F2N6O3. The predicted octanol–water partition coefficient (Wildman–Crippen LogP) is 3.54. The number of imidazole rings is 1. The number of hydrogen-bond acceptors (Lipinski definition) is 5. The molecule has 3 N–H and O–H groups in total. The van der Waals surface area contributed by atoms with Gasteiger partial charge in [0.05, 0.1) is 30.3 Å². The first-order valence-corrected chi connectivity index (χ1v) is 11.9. The predicted molar refractivity (Wildman–Crippen MR) is 142 cm³/mol. The van der Waals surface area contributed by atoms with Gasteiger partial charge in [-0.05, 0) is 42.3 Å². The third-order valence-electron chi connectivity index (χ3n) is 6.02. The number of nitrogens with one attached hydrogen (secondary N) is 3. The Balaban J connectivity index is 1.22. The maximum absolute atomic E-state index is 13.5. The molecule has 5 rings (SSSR count). The van der Waals surface area contributed by atoms with Crippen LogP contribution in [0.4, 0.5) is 14.5 Å². The number of fused-ring (bicyclic) bond motifs is 1. The van der Waals surface area contributed by atoms with E-state index in [2.05, 4.69) is 25.6 Å². The molecule has 4 aromatic rings. The highest BCUT2D eigenvalue weighted by atomic mass is 19.2. The zero-order valence-electron chi connectivity index (χ0n) is 20.7. The van der Waals surface area contributed by atoms with Crippen molar-refractivity contribution in [2.75, 3.05) is 11.9 Å². The topological polar surface area (TPSA) is 122 Å². The molecule has 2 aromatic carbocycles. The standard InChI is InChI=1S/C28H22F2N6O3/c1-16-33-12-19(34-16)11-21-20-6-4-17(10-25(20)35-27(21)38)3-2-8-32-26(37)22-13-31-15-36(28(22)39)14-18-5-7-23(29)24(30)9-18/h2-7,9-13,15H,8,14H2,1H3,(H,32,37)(H,33,34)(H,35,38)/b3-2?,21-11-. The third-order valence-corrected chi connectivity index (χ3v) is 6.02. The van der Waals surface area contributed by atoms with Gasteiger partial charge in [0, 0.05) is 24.0 Å². The maximum Gasteiger partial charge on any atom is 0.266 e. The molecule has 0 spiro atoms. The van der Waals surface area contributed by atoms with E-state index < -0.39 is 23.1 Å². The number of H-pyrrole nitrogens is 1. The number of aryl methyl sites for hydroxylation is 1. The molecule has 3 heterocycles. The number of benzene rings is 2. The molecule has 0 saturated heterocycles. The molecule has 196 valence electrons. The van der Waals surface area contributed by atoms with Gasteiger partial charge in [-0.25, -0.2) is 18.7 Å². The van der Waals surface area contributed by atoms with Crippen molar-refractivity contribution in [3.63, 3.8) is 0 Å². The quantitative estimate of drug-likeness (QED) is 0.317. The molecule has 39 heavy (non-hydrogen) atoms. The fourth-order valence-corrected chi connectivity index (χ4v) is 4.12. The van der Waals surface area contributed by atoms with Crippen LogP contribution in [0.1, 0.15) is 38.6 Å². The summed E-state index contributed by atoms with van der Waals surface area (Å²) in [6.45, 7) is 1.89. The summed E-state index contributed by atoms with van der Waals surface area (Å²) in [4.78, 5) is 48.9. The Morgan fingerprint density at radius 3 is 2.72 bits per heavy atom. The van der Waals surface area contributed by atoms with E-state index in [0.717, 1.165) is 45.5 Å². The number of nitrogens with zero attached hydrogens (tertiary/aromatic N) is 3. The largest absolute Gasteiger partial charge is 0.348 e. The van der Waals surface area contributed by atoms with E-state index in [1.54, 1.807) is 24.4 Å². The molecule has 0 aliphatic carbocycles. The Morgan fingerprint density at radius 1 is 1.10 bits per heavy atom. The number of aromatic nitrogens is 4. The second kappa shape index (κ2) is 10.7. The van der Waals surface area contributed by atoms with Crippen molar-refractivity contribution >= 4 is 35.2 Å². The zero-order valence-corrected chi connectivity index (χ0v) is 20.7. The number of carbonyl (C=O) groups is 2. The van der Waals surface area contributed by atoms with Crippen molar-refractivity contribution in [3.05, 3.63) is 117 Å². The minimum Gasteiger partial charge on any atom is -0.348 e. The molecule has 0 radical (unpaired) electrons. The van der Waals surface area contributed by atoms with E-state index in [-0.39, 0.29) is 24.6 Å². The SMILES string of the molecule is Cc1ncc(/C=C2\C(=O)Nc3cc(C=CCNC(=O)c4cncn(Cc5ccc(F)c(F)c5)c4=O)ccc32)[nH]1. The highest BCUT2D eigenvalue weighted by molar-refractivity contribution is 6.34. The molecule has 0 saturated carbocycles. The Hall–Kier alpha value is -5.19. The molecule has 0 bridgehead atoms. The molecule has 0 atom stereocenters. The molecular weight excluding hydrogens is 506 g/mol. The molecule has 2 amide bonds. The zero-order chi connectivity index (χ0) is 27.5. The fraction of sp³-hybridized carbons (Fsp3) is 0.107. The van der Waals surface area contributed by atoms with Gasteiger partial charge in [-0.3, -0.25) is 19.0 Å². The van der Waals surface area contributed by atoms with E-state index >= 15 is 0 Å². The molecule has 1 aliphatic heterocycles. The fourth-order valence-electron chi connectivity index (χ4n) is 4.12. The van der Waals surface area contributed by atoms with Gasteiger partial charge in [0.1, 0.15) is 11.4 Å². The van der Waals surface area contributed by atoms with Crippen LogP contribution in [-0.2, 0) is 11.3 Å².